The van der Waals surface area contributed by atoms with Crippen molar-refractivity contribution in [3.05, 3.63) is 11.7 Å². The average Bonchev–Trinajstić information content (AvgIpc) is 3.05. The van der Waals surface area contributed by atoms with Crippen LogP contribution in [0, 0.1) is 0 Å². The Morgan fingerprint density at radius 2 is 2.23 bits per heavy atom. The van der Waals surface area contributed by atoms with E-state index in [0.29, 0.717) is 18.3 Å². The highest BCUT2D eigenvalue weighted by molar-refractivity contribution is 7.88. The van der Waals surface area contributed by atoms with Crippen molar-refractivity contribution in [3.8, 4) is 0 Å². The first-order chi connectivity index (χ1) is 10.3. The number of rotatable bonds is 6. The fraction of sp³-hybridized carbons (Fsp3) is 0.769. The number of sulfonamides is 1. The average molecular weight is 330 g/mol. The molecule has 2 heterocycles. The van der Waals surface area contributed by atoms with Gasteiger partial charge in [-0.05, 0) is 12.8 Å². The first kappa shape index (κ1) is 16.9. The van der Waals surface area contributed by atoms with Crippen LogP contribution in [0.25, 0.3) is 0 Å². The van der Waals surface area contributed by atoms with Crippen LogP contribution in [0.1, 0.15) is 56.8 Å². The predicted molar refractivity (Wildman–Crippen MR) is 79.5 cm³/mol. The number of carbonyl (C=O) groups excluding carboxylic acids is 1. The lowest BCUT2D eigenvalue weighted by atomic mass is 10.2. The van der Waals surface area contributed by atoms with Crippen molar-refractivity contribution >= 4 is 15.9 Å². The summed E-state index contributed by atoms with van der Waals surface area (Å²) in [6.07, 6.45) is 2.87. The van der Waals surface area contributed by atoms with E-state index in [4.69, 9.17) is 4.52 Å². The fourth-order valence-corrected chi connectivity index (χ4v) is 2.91. The molecule has 1 fully saturated rings. The highest BCUT2D eigenvalue weighted by atomic mass is 32.2. The molecule has 1 N–H and O–H groups in total. The standard InChI is InChI=1S/C13H22N4O4S/c1-9(2)13-15-12(16-21-13)10-5-4-8-17(10)11(18)6-7-14-22(3,19)20/h9-10,14H,4-8H2,1-3H3/t10-/m0/s1. The minimum absolute atomic E-state index is 0.102. The Bertz CT molecular complexity index is 626. The molecule has 124 valence electrons. The second-order valence-corrected chi connectivity index (χ2v) is 7.64. The summed E-state index contributed by atoms with van der Waals surface area (Å²) in [5, 5.41) is 3.98. The van der Waals surface area contributed by atoms with Crippen LogP contribution in [0.2, 0.25) is 0 Å². The second-order valence-electron chi connectivity index (χ2n) is 5.81. The maximum atomic E-state index is 12.3. The second kappa shape index (κ2) is 6.74. The van der Waals surface area contributed by atoms with Gasteiger partial charge in [0, 0.05) is 25.4 Å². The zero-order valence-electron chi connectivity index (χ0n) is 13.1. The van der Waals surface area contributed by atoms with Crippen LogP contribution < -0.4 is 4.72 Å². The molecule has 0 aliphatic carbocycles. The molecule has 1 aromatic rings. The number of nitrogens with zero attached hydrogens (tertiary/aromatic N) is 3. The van der Waals surface area contributed by atoms with Crippen molar-refractivity contribution in [1.82, 2.24) is 19.8 Å². The van der Waals surface area contributed by atoms with Crippen molar-refractivity contribution in [2.45, 2.75) is 45.1 Å². The number of nitrogens with one attached hydrogen (secondary N) is 1. The molecule has 8 nitrogen and oxygen atoms in total. The zero-order valence-corrected chi connectivity index (χ0v) is 13.9. The molecule has 1 aliphatic rings. The van der Waals surface area contributed by atoms with Gasteiger partial charge >= 0.3 is 0 Å². The third-order valence-electron chi connectivity index (χ3n) is 3.53. The van der Waals surface area contributed by atoms with Gasteiger partial charge in [0.05, 0.1) is 12.3 Å². The maximum Gasteiger partial charge on any atom is 0.229 e. The number of likely N-dealkylation sites (tertiary alicyclic amines) is 1. The van der Waals surface area contributed by atoms with Crippen LogP contribution in [0.4, 0.5) is 0 Å². The molecule has 22 heavy (non-hydrogen) atoms. The van der Waals surface area contributed by atoms with Crippen molar-refractivity contribution in [3.63, 3.8) is 0 Å². The largest absolute Gasteiger partial charge is 0.339 e. The Balaban J connectivity index is 1.98. The Morgan fingerprint density at radius 1 is 1.50 bits per heavy atom. The Morgan fingerprint density at radius 3 is 2.82 bits per heavy atom. The van der Waals surface area contributed by atoms with E-state index in [2.05, 4.69) is 14.9 Å². The molecular weight excluding hydrogens is 308 g/mol. The van der Waals surface area contributed by atoms with Crippen molar-refractivity contribution < 1.29 is 17.7 Å². The molecule has 0 spiro atoms. The Labute approximate surface area is 130 Å². The minimum atomic E-state index is -3.28. The predicted octanol–water partition coefficient (Wildman–Crippen LogP) is 0.796. The molecule has 2 rings (SSSR count). The first-order valence-electron chi connectivity index (χ1n) is 7.35. The highest BCUT2D eigenvalue weighted by Crippen LogP contribution is 2.31. The molecule has 0 unspecified atom stereocenters. The summed E-state index contributed by atoms with van der Waals surface area (Å²) in [6.45, 7) is 4.66. The summed E-state index contributed by atoms with van der Waals surface area (Å²) >= 11 is 0. The van der Waals surface area contributed by atoms with Crippen molar-refractivity contribution in [2.24, 2.45) is 0 Å². The number of aromatic nitrogens is 2. The van der Waals surface area contributed by atoms with Crippen LogP contribution in [-0.4, -0.2) is 48.7 Å². The fourth-order valence-electron chi connectivity index (χ4n) is 2.44. The summed E-state index contributed by atoms with van der Waals surface area (Å²) < 4.78 is 29.6. The van der Waals surface area contributed by atoms with Gasteiger partial charge in [-0.25, -0.2) is 13.1 Å². The molecule has 1 aliphatic heterocycles. The summed E-state index contributed by atoms with van der Waals surface area (Å²) in [4.78, 5) is 18.3. The van der Waals surface area contributed by atoms with Crippen LogP contribution >= 0.6 is 0 Å². The molecular formula is C13H22N4O4S. The normalized spacial score (nSPS) is 19.1. The van der Waals surface area contributed by atoms with Gasteiger partial charge in [-0.15, -0.1) is 0 Å². The topological polar surface area (TPSA) is 105 Å². The lowest BCUT2D eigenvalue weighted by Gasteiger charge is -2.22. The highest BCUT2D eigenvalue weighted by Gasteiger charge is 2.33. The van der Waals surface area contributed by atoms with Crippen LogP contribution in [0.3, 0.4) is 0 Å². The van der Waals surface area contributed by atoms with Gasteiger partial charge in [0.25, 0.3) is 0 Å². The molecule has 1 atom stereocenters. The van der Waals surface area contributed by atoms with E-state index in [0.717, 1.165) is 19.1 Å². The van der Waals surface area contributed by atoms with E-state index >= 15 is 0 Å². The van der Waals surface area contributed by atoms with Gasteiger partial charge in [-0.2, -0.15) is 4.98 Å². The lowest BCUT2D eigenvalue weighted by Crippen LogP contribution is -2.34. The first-order valence-corrected chi connectivity index (χ1v) is 9.24. The zero-order chi connectivity index (χ0) is 16.3. The number of hydrogen-bond donors (Lipinski definition) is 1. The molecule has 0 saturated carbocycles. The van der Waals surface area contributed by atoms with Gasteiger partial charge in [-0.3, -0.25) is 4.79 Å². The SMILES string of the molecule is CC(C)c1nc([C@@H]2CCCN2C(=O)CCNS(C)(=O)=O)no1. The Hall–Kier alpha value is -1.48. The molecule has 0 bridgehead atoms. The van der Waals surface area contributed by atoms with Gasteiger partial charge in [0.15, 0.2) is 5.82 Å². The minimum Gasteiger partial charge on any atom is -0.339 e. The lowest BCUT2D eigenvalue weighted by molar-refractivity contribution is -0.132. The monoisotopic (exact) mass is 330 g/mol. The molecule has 9 heteroatoms. The molecule has 0 aromatic carbocycles. The number of hydrogen-bond acceptors (Lipinski definition) is 6. The van der Waals surface area contributed by atoms with Gasteiger partial charge in [0.1, 0.15) is 0 Å². The van der Waals surface area contributed by atoms with E-state index in [1.165, 1.54) is 0 Å². The van der Waals surface area contributed by atoms with Crippen LogP contribution in [0.15, 0.2) is 4.52 Å². The maximum absolute atomic E-state index is 12.3. The number of carbonyl (C=O) groups is 1. The third kappa shape index (κ3) is 4.26. The van der Waals surface area contributed by atoms with Crippen LogP contribution in [0.5, 0.6) is 0 Å². The smallest absolute Gasteiger partial charge is 0.229 e. The summed E-state index contributed by atoms with van der Waals surface area (Å²) in [7, 11) is -3.28. The van der Waals surface area contributed by atoms with E-state index in [-0.39, 0.29) is 30.8 Å². The van der Waals surface area contributed by atoms with E-state index in [1.54, 1.807) is 4.90 Å². The van der Waals surface area contributed by atoms with Gasteiger partial charge in [-0.1, -0.05) is 19.0 Å². The number of amides is 1. The molecule has 1 saturated heterocycles. The molecule has 0 radical (unpaired) electrons. The summed E-state index contributed by atoms with van der Waals surface area (Å²) in [5.41, 5.74) is 0. The van der Waals surface area contributed by atoms with E-state index < -0.39 is 10.0 Å². The van der Waals surface area contributed by atoms with Gasteiger partial charge in [0.2, 0.25) is 21.8 Å². The quantitative estimate of drug-likeness (QED) is 0.827. The van der Waals surface area contributed by atoms with Crippen molar-refractivity contribution in [2.75, 3.05) is 19.3 Å². The molecule has 1 amide bonds. The molecule has 1 aromatic heterocycles. The van der Waals surface area contributed by atoms with E-state index in [9.17, 15) is 13.2 Å². The summed E-state index contributed by atoms with van der Waals surface area (Å²) in [5.74, 6) is 1.14. The van der Waals surface area contributed by atoms with Crippen LogP contribution in [-0.2, 0) is 14.8 Å². The summed E-state index contributed by atoms with van der Waals surface area (Å²) in [6, 6.07) is -0.179. The Kier molecular flexibility index (Phi) is 5.17. The van der Waals surface area contributed by atoms with Gasteiger partial charge < -0.3 is 9.42 Å². The van der Waals surface area contributed by atoms with E-state index in [1.807, 2.05) is 13.8 Å². The third-order valence-corrected chi connectivity index (χ3v) is 4.25. The van der Waals surface area contributed by atoms with Crippen molar-refractivity contribution in [1.29, 1.82) is 0 Å².